The van der Waals surface area contributed by atoms with Gasteiger partial charge in [0.15, 0.2) is 0 Å². The van der Waals surface area contributed by atoms with Gasteiger partial charge in [-0.1, -0.05) is 6.07 Å². The minimum absolute atomic E-state index is 0.0557. The topological polar surface area (TPSA) is 68.1 Å². The predicted octanol–water partition coefficient (Wildman–Crippen LogP) is 1.74. The van der Waals surface area contributed by atoms with E-state index in [0.29, 0.717) is 18.7 Å². The van der Waals surface area contributed by atoms with Crippen LogP contribution in [0.3, 0.4) is 0 Å². The fraction of sp³-hybridized carbons (Fsp3) is 0.357. The fourth-order valence-corrected chi connectivity index (χ4v) is 2.10. The summed E-state index contributed by atoms with van der Waals surface area (Å²) in [5, 5.41) is 1.03. The molecule has 4 nitrogen and oxygen atoms in total. The van der Waals surface area contributed by atoms with Gasteiger partial charge in [0.1, 0.15) is 5.75 Å². The zero-order chi connectivity index (χ0) is 13.1. The predicted molar refractivity (Wildman–Crippen MR) is 73.2 cm³/mol. The SMILES string of the molecule is COc1ccc(C)c2cc(CCCN)c(=O)[nH]c12. The molecule has 1 aromatic heterocycles. The maximum absolute atomic E-state index is 12.0. The molecule has 2 aromatic rings. The van der Waals surface area contributed by atoms with E-state index in [4.69, 9.17) is 10.5 Å². The Morgan fingerprint density at radius 1 is 1.39 bits per heavy atom. The lowest BCUT2D eigenvalue weighted by Crippen LogP contribution is -2.14. The Kier molecular flexibility index (Phi) is 3.67. The van der Waals surface area contributed by atoms with Crippen molar-refractivity contribution in [1.82, 2.24) is 4.98 Å². The molecule has 96 valence electrons. The Balaban J connectivity index is 2.63. The second kappa shape index (κ2) is 5.23. The average Bonchev–Trinajstić information content (AvgIpc) is 2.37. The number of benzene rings is 1. The number of aryl methyl sites for hydroxylation is 2. The zero-order valence-corrected chi connectivity index (χ0v) is 10.7. The van der Waals surface area contributed by atoms with E-state index in [1.807, 2.05) is 25.1 Å². The van der Waals surface area contributed by atoms with Crippen LogP contribution < -0.4 is 16.0 Å². The van der Waals surface area contributed by atoms with Crippen molar-refractivity contribution in [2.24, 2.45) is 5.73 Å². The molecule has 1 aromatic carbocycles. The van der Waals surface area contributed by atoms with Crippen LogP contribution >= 0.6 is 0 Å². The Hall–Kier alpha value is -1.81. The van der Waals surface area contributed by atoms with Crippen LogP contribution in [-0.4, -0.2) is 18.6 Å². The molecule has 0 aliphatic carbocycles. The van der Waals surface area contributed by atoms with Crippen molar-refractivity contribution in [3.05, 3.63) is 39.7 Å². The summed E-state index contributed by atoms with van der Waals surface area (Å²) < 4.78 is 5.27. The molecule has 1 heterocycles. The van der Waals surface area contributed by atoms with Crippen molar-refractivity contribution in [2.45, 2.75) is 19.8 Å². The summed E-state index contributed by atoms with van der Waals surface area (Å²) in [4.78, 5) is 14.9. The van der Waals surface area contributed by atoms with Crippen LogP contribution in [0.5, 0.6) is 5.75 Å². The number of methoxy groups -OCH3 is 1. The van der Waals surface area contributed by atoms with Gasteiger partial charge in [-0.3, -0.25) is 4.79 Å². The number of rotatable bonds is 4. The van der Waals surface area contributed by atoms with E-state index < -0.39 is 0 Å². The highest BCUT2D eigenvalue weighted by Crippen LogP contribution is 2.25. The van der Waals surface area contributed by atoms with Gasteiger partial charge in [0, 0.05) is 10.9 Å². The first-order valence-corrected chi connectivity index (χ1v) is 6.07. The molecular formula is C14H18N2O2. The van der Waals surface area contributed by atoms with Crippen LogP contribution in [0.1, 0.15) is 17.5 Å². The van der Waals surface area contributed by atoms with Crippen molar-refractivity contribution in [3.63, 3.8) is 0 Å². The maximum atomic E-state index is 12.0. The first kappa shape index (κ1) is 12.6. The van der Waals surface area contributed by atoms with Gasteiger partial charge in [-0.15, -0.1) is 0 Å². The van der Waals surface area contributed by atoms with Crippen LogP contribution in [0, 0.1) is 6.92 Å². The lowest BCUT2D eigenvalue weighted by molar-refractivity contribution is 0.418. The molecule has 0 atom stereocenters. The summed E-state index contributed by atoms with van der Waals surface area (Å²) in [5.74, 6) is 0.693. The second-order valence-electron chi connectivity index (χ2n) is 4.39. The highest BCUT2D eigenvalue weighted by Gasteiger charge is 2.08. The number of hydrogen-bond acceptors (Lipinski definition) is 3. The van der Waals surface area contributed by atoms with Gasteiger partial charge < -0.3 is 15.5 Å². The smallest absolute Gasteiger partial charge is 0.251 e. The number of hydrogen-bond donors (Lipinski definition) is 2. The van der Waals surface area contributed by atoms with Gasteiger partial charge in [-0.2, -0.15) is 0 Å². The van der Waals surface area contributed by atoms with Crippen molar-refractivity contribution >= 4 is 10.9 Å². The number of fused-ring (bicyclic) bond motifs is 1. The molecule has 0 saturated carbocycles. The van der Waals surface area contributed by atoms with Gasteiger partial charge in [-0.05, 0) is 44.0 Å². The largest absolute Gasteiger partial charge is 0.495 e. The lowest BCUT2D eigenvalue weighted by Gasteiger charge is -2.09. The summed E-state index contributed by atoms with van der Waals surface area (Å²) >= 11 is 0. The lowest BCUT2D eigenvalue weighted by atomic mass is 10.0. The molecule has 0 saturated heterocycles. The van der Waals surface area contributed by atoms with E-state index in [1.165, 1.54) is 0 Å². The van der Waals surface area contributed by atoms with Crippen molar-refractivity contribution in [3.8, 4) is 5.75 Å². The monoisotopic (exact) mass is 246 g/mol. The standard InChI is InChI=1S/C14H18N2O2/c1-9-5-6-12(18-2)13-11(9)8-10(4-3-7-15)14(17)16-13/h5-6,8H,3-4,7,15H2,1-2H3,(H,16,17). The second-order valence-corrected chi connectivity index (χ2v) is 4.39. The van der Waals surface area contributed by atoms with Gasteiger partial charge >= 0.3 is 0 Å². The number of H-pyrrole nitrogens is 1. The molecule has 0 unspecified atom stereocenters. The minimum atomic E-state index is -0.0557. The fourth-order valence-electron chi connectivity index (χ4n) is 2.10. The highest BCUT2D eigenvalue weighted by molar-refractivity contribution is 5.87. The molecular weight excluding hydrogens is 228 g/mol. The Labute approximate surface area is 106 Å². The highest BCUT2D eigenvalue weighted by atomic mass is 16.5. The number of nitrogens with two attached hydrogens (primary N) is 1. The van der Waals surface area contributed by atoms with Crippen molar-refractivity contribution in [1.29, 1.82) is 0 Å². The van der Waals surface area contributed by atoms with Crippen LogP contribution in [0.4, 0.5) is 0 Å². The first-order chi connectivity index (χ1) is 8.67. The zero-order valence-electron chi connectivity index (χ0n) is 10.7. The molecule has 0 fully saturated rings. The van der Waals surface area contributed by atoms with Crippen LogP contribution in [0.2, 0.25) is 0 Å². The van der Waals surface area contributed by atoms with E-state index in [-0.39, 0.29) is 5.56 Å². The van der Waals surface area contributed by atoms with E-state index in [9.17, 15) is 4.79 Å². The molecule has 2 rings (SSSR count). The summed E-state index contributed by atoms with van der Waals surface area (Å²) in [5.41, 5.74) is 8.09. The van der Waals surface area contributed by atoms with Crippen LogP contribution in [-0.2, 0) is 6.42 Å². The van der Waals surface area contributed by atoms with Gasteiger partial charge in [-0.25, -0.2) is 0 Å². The number of nitrogens with one attached hydrogen (secondary N) is 1. The summed E-state index contributed by atoms with van der Waals surface area (Å²) in [6.45, 7) is 2.61. The van der Waals surface area contributed by atoms with Crippen molar-refractivity contribution in [2.75, 3.05) is 13.7 Å². The molecule has 0 bridgehead atoms. The number of aromatic nitrogens is 1. The molecule has 3 N–H and O–H groups in total. The third-order valence-electron chi connectivity index (χ3n) is 3.14. The Morgan fingerprint density at radius 2 is 2.17 bits per heavy atom. The van der Waals surface area contributed by atoms with Gasteiger partial charge in [0.05, 0.1) is 12.6 Å². The Morgan fingerprint density at radius 3 is 2.83 bits per heavy atom. The van der Waals surface area contributed by atoms with Gasteiger partial charge in [0.2, 0.25) is 0 Å². The quantitative estimate of drug-likeness (QED) is 0.863. The maximum Gasteiger partial charge on any atom is 0.251 e. The minimum Gasteiger partial charge on any atom is -0.495 e. The number of aromatic amines is 1. The number of ether oxygens (including phenoxy) is 1. The number of pyridine rings is 1. The van der Waals surface area contributed by atoms with Crippen LogP contribution in [0.15, 0.2) is 23.0 Å². The summed E-state index contributed by atoms with van der Waals surface area (Å²) in [7, 11) is 1.60. The van der Waals surface area contributed by atoms with Crippen LogP contribution in [0.25, 0.3) is 10.9 Å². The van der Waals surface area contributed by atoms with E-state index >= 15 is 0 Å². The third kappa shape index (κ3) is 2.24. The van der Waals surface area contributed by atoms with E-state index in [1.54, 1.807) is 7.11 Å². The van der Waals surface area contributed by atoms with Gasteiger partial charge in [0.25, 0.3) is 5.56 Å². The first-order valence-electron chi connectivity index (χ1n) is 6.07. The summed E-state index contributed by atoms with van der Waals surface area (Å²) in [6, 6.07) is 5.81. The normalized spacial score (nSPS) is 10.8. The average molecular weight is 246 g/mol. The molecule has 0 spiro atoms. The molecule has 0 aliphatic rings. The molecule has 0 radical (unpaired) electrons. The molecule has 0 amide bonds. The van der Waals surface area contributed by atoms with E-state index in [0.717, 1.165) is 28.5 Å². The molecule has 0 aliphatic heterocycles. The molecule has 18 heavy (non-hydrogen) atoms. The van der Waals surface area contributed by atoms with Crippen molar-refractivity contribution < 1.29 is 4.74 Å². The molecule has 4 heteroatoms. The van der Waals surface area contributed by atoms with E-state index in [2.05, 4.69) is 4.98 Å². The Bertz CT molecular complexity index is 617. The third-order valence-corrected chi connectivity index (χ3v) is 3.14. The summed E-state index contributed by atoms with van der Waals surface area (Å²) in [6.07, 6.45) is 1.52.